The average Bonchev–Trinajstić information content (AvgIpc) is 2.82. The Morgan fingerprint density at radius 3 is 2.62 bits per heavy atom. The van der Waals surface area contributed by atoms with Gasteiger partial charge < -0.3 is 10.5 Å². The second-order valence-electron chi connectivity index (χ2n) is 3.76. The van der Waals surface area contributed by atoms with Crippen molar-refractivity contribution in [3.63, 3.8) is 0 Å². The summed E-state index contributed by atoms with van der Waals surface area (Å²) >= 11 is 0.730. The van der Waals surface area contributed by atoms with E-state index in [9.17, 15) is 23.7 Å². The van der Waals surface area contributed by atoms with Crippen LogP contribution in [0, 0.1) is 21.7 Å². The number of nitrogens with zero attached hydrogens (tertiary/aromatic N) is 2. The number of nitro benzene ring substituents is 1. The number of anilines is 1. The predicted octanol–water partition coefficient (Wildman–Crippen LogP) is 2.37. The maximum Gasteiger partial charge on any atom is 0.359 e. The molecule has 0 radical (unpaired) electrons. The number of nitrogen functional groups attached to an aromatic ring is 1. The zero-order valence-electron chi connectivity index (χ0n) is 10.4. The van der Waals surface area contributed by atoms with Crippen molar-refractivity contribution in [1.82, 2.24) is 4.98 Å². The van der Waals surface area contributed by atoms with Crippen LogP contribution in [-0.2, 0) is 4.74 Å². The van der Waals surface area contributed by atoms with E-state index < -0.39 is 28.2 Å². The van der Waals surface area contributed by atoms with E-state index in [4.69, 9.17) is 5.73 Å². The van der Waals surface area contributed by atoms with Gasteiger partial charge in [0, 0.05) is 0 Å². The Morgan fingerprint density at radius 2 is 2.05 bits per heavy atom. The summed E-state index contributed by atoms with van der Waals surface area (Å²) in [5.41, 5.74) is 4.37. The van der Waals surface area contributed by atoms with Crippen LogP contribution in [0.25, 0.3) is 10.6 Å². The first-order valence-electron chi connectivity index (χ1n) is 5.33. The number of ether oxygens (including phenoxy) is 1. The largest absolute Gasteiger partial charge is 0.464 e. The number of carbonyl (C=O) groups is 1. The molecule has 0 aliphatic heterocycles. The third-order valence-electron chi connectivity index (χ3n) is 2.50. The summed E-state index contributed by atoms with van der Waals surface area (Å²) in [6.45, 7) is 0. The Kier molecular flexibility index (Phi) is 3.80. The fourth-order valence-corrected chi connectivity index (χ4v) is 2.39. The van der Waals surface area contributed by atoms with E-state index >= 15 is 0 Å². The lowest BCUT2D eigenvalue weighted by Gasteiger charge is -2.00. The lowest BCUT2D eigenvalue weighted by Crippen LogP contribution is -2.04. The van der Waals surface area contributed by atoms with Crippen LogP contribution in [0.5, 0.6) is 0 Å². The second-order valence-corrected chi connectivity index (χ2v) is 4.79. The minimum atomic E-state index is -1.36. The summed E-state index contributed by atoms with van der Waals surface area (Å²) < 4.78 is 30.8. The van der Waals surface area contributed by atoms with Gasteiger partial charge in [-0.05, 0) is 6.07 Å². The maximum absolute atomic E-state index is 13.3. The van der Waals surface area contributed by atoms with Crippen molar-refractivity contribution in [1.29, 1.82) is 0 Å². The molecule has 2 N–H and O–H groups in total. The Labute approximate surface area is 120 Å². The lowest BCUT2D eigenvalue weighted by atomic mass is 10.2. The molecule has 0 aliphatic rings. The average molecular weight is 315 g/mol. The van der Waals surface area contributed by atoms with Crippen LogP contribution in [0.3, 0.4) is 0 Å². The summed E-state index contributed by atoms with van der Waals surface area (Å²) in [7, 11) is 1.11. The van der Waals surface area contributed by atoms with Crippen LogP contribution >= 0.6 is 11.3 Å². The quantitative estimate of drug-likeness (QED) is 0.529. The van der Waals surface area contributed by atoms with Gasteiger partial charge in [0.2, 0.25) is 0 Å². The second kappa shape index (κ2) is 5.40. The van der Waals surface area contributed by atoms with Crippen molar-refractivity contribution in [3.05, 3.63) is 39.6 Å². The smallest absolute Gasteiger partial charge is 0.359 e. The van der Waals surface area contributed by atoms with Gasteiger partial charge in [-0.25, -0.2) is 18.6 Å². The molecule has 110 valence electrons. The minimum absolute atomic E-state index is 0.0455. The number of rotatable bonds is 3. The summed E-state index contributed by atoms with van der Waals surface area (Å²) in [6, 6.07) is 1.08. The minimum Gasteiger partial charge on any atom is -0.464 e. The van der Waals surface area contributed by atoms with Crippen molar-refractivity contribution < 1.29 is 23.2 Å². The molecule has 7 nitrogen and oxygen atoms in total. The number of nitrogens with two attached hydrogens (primary N) is 1. The Bertz CT molecular complexity index is 747. The van der Waals surface area contributed by atoms with E-state index in [1.54, 1.807) is 0 Å². The van der Waals surface area contributed by atoms with Gasteiger partial charge in [0.05, 0.1) is 23.7 Å². The van der Waals surface area contributed by atoms with Crippen molar-refractivity contribution in [3.8, 4) is 10.6 Å². The van der Waals surface area contributed by atoms with E-state index in [1.165, 1.54) is 0 Å². The predicted molar refractivity (Wildman–Crippen MR) is 69.9 cm³/mol. The van der Waals surface area contributed by atoms with Crippen molar-refractivity contribution >= 4 is 28.0 Å². The Balaban J connectivity index is 2.64. The first-order chi connectivity index (χ1) is 9.85. The highest BCUT2D eigenvalue weighted by atomic mass is 32.1. The maximum atomic E-state index is 13.3. The number of hydrogen-bond acceptors (Lipinski definition) is 7. The number of hydrogen-bond donors (Lipinski definition) is 1. The molecule has 0 unspecified atom stereocenters. The summed E-state index contributed by atoms with van der Waals surface area (Å²) in [6.07, 6.45) is 0. The molecule has 0 amide bonds. The van der Waals surface area contributed by atoms with Gasteiger partial charge in [0.25, 0.3) is 5.69 Å². The van der Waals surface area contributed by atoms with Gasteiger partial charge in [-0.3, -0.25) is 10.1 Å². The molecule has 10 heteroatoms. The first-order valence-corrected chi connectivity index (χ1v) is 6.15. The summed E-state index contributed by atoms with van der Waals surface area (Å²) in [5.74, 6) is -3.47. The third-order valence-corrected chi connectivity index (χ3v) is 3.42. The molecule has 2 rings (SSSR count). The number of aromatic nitrogens is 1. The fraction of sp³-hybridized carbons (Fsp3) is 0.0909. The highest BCUT2D eigenvalue weighted by Crippen LogP contribution is 2.37. The number of nitro groups is 1. The highest BCUT2D eigenvalue weighted by Gasteiger charge is 2.25. The van der Waals surface area contributed by atoms with Crippen LogP contribution in [0.4, 0.5) is 19.5 Å². The molecule has 1 aromatic heterocycles. The van der Waals surface area contributed by atoms with E-state index in [1.807, 2.05) is 0 Å². The van der Waals surface area contributed by atoms with E-state index in [0.29, 0.717) is 12.1 Å². The molecular weight excluding hydrogens is 308 g/mol. The molecule has 0 bridgehead atoms. The third kappa shape index (κ3) is 2.65. The van der Waals surface area contributed by atoms with Crippen molar-refractivity contribution in [2.45, 2.75) is 0 Å². The molecule has 0 spiro atoms. The summed E-state index contributed by atoms with van der Waals surface area (Å²) in [4.78, 5) is 25.2. The van der Waals surface area contributed by atoms with Crippen LogP contribution in [0.15, 0.2) is 12.1 Å². The number of carbonyl (C=O) groups excluding carboxylic acids is 1. The van der Waals surface area contributed by atoms with Crippen molar-refractivity contribution in [2.24, 2.45) is 0 Å². The SMILES string of the molecule is COC(=O)c1nc(-c2cc(F)c(F)cc2[N+](=O)[O-])sc1N. The Hall–Kier alpha value is -2.62. The lowest BCUT2D eigenvalue weighted by molar-refractivity contribution is -0.384. The summed E-state index contributed by atoms with van der Waals surface area (Å²) in [5, 5.41) is 10.8. The first kappa shape index (κ1) is 14.8. The zero-order valence-corrected chi connectivity index (χ0v) is 11.2. The molecule has 0 atom stereocenters. The van der Waals surface area contributed by atoms with E-state index in [-0.39, 0.29) is 21.3 Å². The van der Waals surface area contributed by atoms with Gasteiger partial charge in [0.1, 0.15) is 10.0 Å². The molecular formula is C11H7F2N3O4S. The van der Waals surface area contributed by atoms with Crippen LogP contribution in [0.1, 0.15) is 10.5 Å². The van der Waals surface area contributed by atoms with Gasteiger partial charge in [-0.15, -0.1) is 0 Å². The van der Waals surface area contributed by atoms with Gasteiger partial charge >= 0.3 is 5.97 Å². The number of halogens is 2. The number of thiazole rings is 1. The normalized spacial score (nSPS) is 10.4. The monoisotopic (exact) mass is 315 g/mol. The number of esters is 1. The number of benzene rings is 1. The molecule has 2 aromatic rings. The fourth-order valence-electron chi connectivity index (χ4n) is 1.55. The van der Waals surface area contributed by atoms with Gasteiger partial charge in [-0.1, -0.05) is 11.3 Å². The van der Waals surface area contributed by atoms with E-state index in [2.05, 4.69) is 9.72 Å². The van der Waals surface area contributed by atoms with Crippen LogP contribution in [0.2, 0.25) is 0 Å². The molecule has 1 aromatic carbocycles. The standard InChI is InChI=1S/C11H7F2N3O4S/c1-20-11(17)8-9(14)21-10(15-8)4-2-5(12)6(13)3-7(4)16(18)19/h2-3H,14H2,1H3. The van der Waals surface area contributed by atoms with E-state index in [0.717, 1.165) is 18.4 Å². The van der Waals surface area contributed by atoms with Crippen LogP contribution < -0.4 is 5.73 Å². The van der Waals surface area contributed by atoms with Crippen molar-refractivity contribution in [2.75, 3.05) is 12.8 Å². The highest BCUT2D eigenvalue weighted by molar-refractivity contribution is 7.19. The van der Waals surface area contributed by atoms with Gasteiger partial charge in [0.15, 0.2) is 17.3 Å². The molecule has 0 saturated carbocycles. The molecule has 0 fully saturated rings. The Morgan fingerprint density at radius 1 is 1.43 bits per heavy atom. The molecule has 1 heterocycles. The van der Waals surface area contributed by atoms with Gasteiger partial charge in [-0.2, -0.15) is 0 Å². The number of methoxy groups -OCH3 is 1. The topological polar surface area (TPSA) is 108 Å². The molecule has 0 aliphatic carbocycles. The zero-order chi connectivity index (χ0) is 15.7. The molecule has 21 heavy (non-hydrogen) atoms. The molecule has 0 saturated heterocycles. The van der Waals surface area contributed by atoms with Crippen LogP contribution in [-0.4, -0.2) is 23.0 Å².